The number of nitrogen functional groups attached to an aromatic ring is 1. The number of benzene rings is 1. The lowest BCUT2D eigenvalue weighted by Gasteiger charge is -2.49. The van der Waals surface area contributed by atoms with Crippen molar-refractivity contribution in [1.29, 1.82) is 0 Å². The number of aromatic nitrogens is 4. The molecule has 0 bridgehead atoms. The number of H-pyrrole nitrogens is 1. The summed E-state index contributed by atoms with van der Waals surface area (Å²) in [6, 6.07) is 8.40. The summed E-state index contributed by atoms with van der Waals surface area (Å²) >= 11 is 2.40. The van der Waals surface area contributed by atoms with Crippen LogP contribution in [0.3, 0.4) is 0 Å². The molecule has 2 amide bonds. The van der Waals surface area contributed by atoms with Crippen molar-refractivity contribution < 1.29 is 19.5 Å². The Morgan fingerprint density at radius 3 is 2.85 bits per heavy atom. The van der Waals surface area contributed by atoms with E-state index in [4.69, 9.17) is 5.73 Å². The molecule has 33 heavy (non-hydrogen) atoms. The highest BCUT2D eigenvalue weighted by Gasteiger charge is 2.54. The Morgan fingerprint density at radius 1 is 1.30 bits per heavy atom. The number of hydrogen-bond donors (Lipinski definition) is 4. The van der Waals surface area contributed by atoms with Gasteiger partial charge in [0.25, 0.3) is 5.91 Å². The molecule has 2 aliphatic rings. The number of rotatable bonds is 6. The smallest absolute Gasteiger partial charge is 0.353 e. The van der Waals surface area contributed by atoms with Gasteiger partial charge in [0.15, 0.2) is 16.6 Å². The Bertz CT molecular complexity index is 1310. The number of nitrogens with two attached hydrogens (primary N) is 1. The second-order valence-electron chi connectivity index (χ2n) is 7.29. The van der Waals surface area contributed by atoms with Gasteiger partial charge in [-0.1, -0.05) is 42.1 Å². The molecule has 1 aromatic carbocycles. The van der Waals surface area contributed by atoms with Crippen LogP contribution in [0, 0.1) is 0 Å². The van der Waals surface area contributed by atoms with Crippen molar-refractivity contribution in [2.75, 3.05) is 11.5 Å². The summed E-state index contributed by atoms with van der Waals surface area (Å²) in [5.41, 5.74) is 7.48. The quantitative estimate of drug-likeness (QED) is 0.293. The monoisotopic (exact) mass is 483 g/mol. The van der Waals surface area contributed by atoms with Gasteiger partial charge in [0.1, 0.15) is 22.6 Å². The van der Waals surface area contributed by atoms with Crippen LogP contribution in [0.5, 0.6) is 0 Å². The fourth-order valence-electron chi connectivity index (χ4n) is 3.67. The summed E-state index contributed by atoms with van der Waals surface area (Å²) in [6.07, 6.45) is 1.58. The zero-order chi connectivity index (χ0) is 23.1. The van der Waals surface area contributed by atoms with E-state index in [0.29, 0.717) is 21.8 Å². The van der Waals surface area contributed by atoms with E-state index >= 15 is 0 Å². The second-order valence-corrected chi connectivity index (χ2v) is 9.46. The van der Waals surface area contributed by atoms with Gasteiger partial charge in [-0.05, 0) is 5.56 Å². The summed E-state index contributed by atoms with van der Waals surface area (Å²) < 4.78 is 0. The van der Waals surface area contributed by atoms with E-state index in [-0.39, 0.29) is 29.0 Å². The van der Waals surface area contributed by atoms with Crippen molar-refractivity contribution in [3.8, 4) is 0 Å². The molecule has 168 valence electrons. The van der Waals surface area contributed by atoms with E-state index in [0.717, 1.165) is 17.3 Å². The fourth-order valence-corrected chi connectivity index (χ4v) is 6.08. The predicted molar refractivity (Wildman–Crippen MR) is 122 cm³/mol. The van der Waals surface area contributed by atoms with E-state index in [1.165, 1.54) is 23.0 Å². The van der Waals surface area contributed by atoms with Crippen LogP contribution >= 0.6 is 23.5 Å². The largest absolute Gasteiger partial charge is 0.477 e. The molecule has 11 nitrogen and oxygen atoms in total. The number of hydrogen-bond acceptors (Lipinski definition) is 9. The first-order chi connectivity index (χ1) is 15.9. The van der Waals surface area contributed by atoms with Crippen molar-refractivity contribution in [2.24, 2.45) is 0 Å². The number of carboxylic acids is 1. The molecule has 0 spiro atoms. The number of amides is 2. The number of imidazole rings is 1. The lowest BCUT2D eigenvalue weighted by molar-refractivity contribution is -0.150. The summed E-state index contributed by atoms with van der Waals surface area (Å²) in [4.78, 5) is 54.3. The topological polar surface area (TPSA) is 167 Å². The number of nitrogens with one attached hydrogen (secondary N) is 2. The number of fused-ring (bicyclic) bond motifs is 2. The number of aromatic amines is 1. The summed E-state index contributed by atoms with van der Waals surface area (Å²) in [6.45, 7) is 0. The van der Waals surface area contributed by atoms with Gasteiger partial charge < -0.3 is 21.1 Å². The summed E-state index contributed by atoms with van der Waals surface area (Å²) in [5.74, 6) is -1.49. The zero-order valence-corrected chi connectivity index (χ0v) is 18.5. The molecule has 1 saturated heterocycles. The third-order valence-electron chi connectivity index (χ3n) is 5.17. The Labute approximate surface area is 195 Å². The molecule has 5 N–H and O–H groups in total. The fraction of sp³-hybridized carbons (Fsp3) is 0.200. The van der Waals surface area contributed by atoms with Gasteiger partial charge >= 0.3 is 5.97 Å². The minimum Gasteiger partial charge on any atom is -0.477 e. The van der Waals surface area contributed by atoms with Gasteiger partial charge in [0, 0.05) is 10.7 Å². The van der Waals surface area contributed by atoms with Crippen molar-refractivity contribution >= 4 is 58.3 Å². The van der Waals surface area contributed by atoms with Gasteiger partial charge in [-0.2, -0.15) is 0 Å². The molecule has 1 unspecified atom stereocenters. The number of β-lactam (4-membered cyclic amide) rings is 1. The number of carbonyl (C=O) groups excluding carboxylic acids is 2. The molecule has 0 saturated carbocycles. The van der Waals surface area contributed by atoms with Crippen molar-refractivity contribution in [2.45, 2.75) is 23.0 Å². The Kier molecular flexibility index (Phi) is 5.42. The van der Waals surface area contributed by atoms with Crippen molar-refractivity contribution in [1.82, 2.24) is 30.2 Å². The van der Waals surface area contributed by atoms with Crippen LogP contribution in [-0.2, 0) is 20.8 Å². The summed E-state index contributed by atoms with van der Waals surface area (Å²) in [7, 11) is 0. The van der Waals surface area contributed by atoms with E-state index in [9.17, 15) is 19.5 Å². The first-order valence-corrected chi connectivity index (χ1v) is 11.7. The van der Waals surface area contributed by atoms with Gasteiger partial charge in [-0.25, -0.2) is 19.7 Å². The standard InChI is InChI=1S/C20H17N7O4S2/c21-15-12-16(23-8-22-12)26-20(25-15)33-10-7-32-18-13(17(29)27(18)14(10)19(30)31)24-11(28)6-9-4-2-1-3-5-9/h1-5,8,13,18H,6-7H2,(H,24,28)(H,30,31)(H3,21,22,23,25,26)/t13?,18-/m1/s1. The first kappa shape index (κ1) is 21.3. The SMILES string of the molecule is Nc1nc(SC2=C(C(=O)O)N3C(=O)C(NC(=O)Cc4ccccc4)[C@H]3SC2)nc2nc[nH]c12. The van der Waals surface area contributed by atoms with E-state index < -0.39 is 23.3 Å². The lowest BCUT2D eigenvalue weighted by atomic mass is 10.0. The van der Waals surface area contributed by atoms with Crippen LogP contribution < -0.4 is 11.1 Å². The van der Waals surface area contributed by atoms with Gasteiger partial charge in [0.2, 0.25) is 5.91 Å². The third-order valence-corrected chi connectivity index (χ3v) is 7.58. The van der Waals surface area contributed by atoms with E-state index in [1.807, 2.05) is 30.3 Å². The summed E-state index contributed by atoms with van der Waals surface area (Å²) in [5, 5.41) is 12.3. The van der Waals surface area contributed by atoms with E-state index in [1.54, 1.807) is 0 Å². The number of aliphatic carboxylic acids is 1. The molecule has 0 radical (unpaired) electrons. The molecule has 5 rings (SSSR count). The number of carboxylic acid groups (broad SMARTS) is 1. The molecule has 2 aliphatic heterocycles. The normalized spacial score (nSPS) is 19.9. The molecule has 0 aliphatic carbocycles. The molecule has 2 aromatic heterocycles. The van der Waals surface area contributed by atoms with Crippen molar-refractivity contribution in [3.05, 3.63) is 52.8 Å². The Morgan fingerprint density at radius 2 is 2.09 bits per heavy atom. The average Bonchev–Trinajstić information content (AvgIpc) is 3.27. The lowest BCUT2D eigenvalue weighted by Crippen LogP contribution is -2.70. The minimum atomic E-state index is -1.24. The second kappa shape index (κ2) is 8.41. The Balaban J connectivity index is 1.34. The number of carbonyl (C=O) groups is 3. The van der Waals surface area contributed by atoms with Crippen LogP contribution in [0.15, 0.2) is 52.4 Å². The maximum atomic E-state index is 12.8. The Hall–Kier alpha value is -3.58. The third kappa shape index (κ3) is 3.89. The van der Waals surface area contributed by atoms with Crippen LogP contribution in [-0.4, -0.2) is 64.9 Å². The molecule has 3 aromatic rings. The van der Waals surface area contributed by atoms with Gasteiger partial charge in [-0.15, -0.1) is 11.8 Å². The molecule has 2 atom stereocenters. The highest BCUT2D eigenvalue weighted by molar-refractivity contribution is 8.06. The maximum absolute atomic E-state index is 12.8. The minimum absolute atomic E-state index is 0.133. The molecular formula is C20H17N7O4S2. The molecule has 13 heteroatoms. The highest BCUT2D eigenvalue weighted by Crippen LogP contribution is 2.44. The van der Waals surface area contributed by atoms with Gasteiger partial charge in [0.05, 0.1) is 12.7 Å². The predicted octanol–water partition coefficient (Wildman–Crippen LogP) is 0.966. The van der Waals surface area contributed by atoms with Crippen LogP contribution in [0.4, 0.5) is 5.82 Å². The number of thioether (sulfide) groups is 2. The van der Waals surface area contributed by atoms with Crippen molar-refractivity contribution in [3.63, 3.8) is 0 Å². The molecule has 4 heterocycles. The first-order valence-electron chi connectivity index (χ1n) is 9.81. The average molecular weight is 484 g/mol. The van der Waals surface area contributed by atoms with Gasteiger partial charge in [-0.3, -0.25) is 14.5 Å². The number of anilines is 1. The molecular weight excluding hydrogens is 466 g/mol. The van der Waals surface area contributed by atoms with Crippen LogP contribution in [0.1, 0.15) is 5.56 Å². The molecule has 1 fully saturated rings. The zero-order valence-electron chi connectivity index (χ0n) is 16.9. The highest BCUT2D eigenvalue weighted by atomic mass is 32.2. The van der Waals surface area contributed by atoms with E-state index in [2.05, 4.69) is 25.3 Å². The van der Waals surface area contributed by atoms with Crippen LogP contribution in [0.2, 0.25) is 0 Å². The maximum Gasteiger partial charge on any atom is 0.353 e. The number of nitrogens with zero attached hydrogens (tertiary/aromatic N) is 4. The van der Waals surface area contributed by atoms with Crippen LogP contribution in [0.25, 0.3) is 11.2 Å².